The van der Waals surface area contributed by atoms with Crippen LogP contribution in [0.5, 0.6) is 0 Å². The van der Waals surface area contributed by atoms with E-state index >= 15 is 0 Å². The van der Waals surface area contributed by atoms with Crippen LogP contribution in [0, 0.1) is 0 Å². The molecule has 0 saturated carbocycles. The zero-order valence-corrected chi connectivity index (χ0v) is 11.3. The Morgan fingerprint density at radius 3 is 2.76 bits per heavy atom. The number of pyridine rings is 1. The molecule has 0 spiro atoms. The molecule has 2 rings (SSSR count). The third-order valence-corrected chi connectivity index (χ3v) is 3.75. The maximum atomic E-state index is 5.85. The van der Waals surface area contributed by atoms with Gasteiger partial charge in [0.25, 0.3) is 0 Å². The second-order valence-electron chi connectivity index (χ2n) is 4.44. The lowest BCUT2D eigenvalue weighted by Gasteiger charge is -2.26. The Bertz CT molecular complexity index is 348. The Morgan fingerprint density at radius 1 is 1.41 bits per heavy atom. The van der Waals surface area contributed by atoms with E-state index in [1.54, 1.807) is 6.20 Å². The van der Waals surface area contributed by atoms with Crippen molar-refractivity contribution >= 4 is 17.4 Å². The van der Waals surface area contributed by atoms with E-state index < -0.39 is 0 Å². The molecule has 2 heterocycles. The van der Waals surface area contributed by atoms with Gasteiger partial charge in [0, 0.05) is 25.3 Å². The third-order valence-electron chi connectivity index (χ3n) is 3.53. The number of anilines is 1. The number of likely N-dealkylation sites (N-methyl/N-ethyl adjacent to an activating group) is 1. The summed E-state index contributed by atoms with van der Waals surface area (Å²) in [6.07, 6.45) is 2.95. The van der Waals surface area contributed by atoms with Gasteiger partial charge < -0.3 is 4.90 Å². The third kappa shape index (κ3) is 2.90. The van der Waals surface area contributed by atoms with Crippen LogP contribution in [-0.4, -0.2) is 42.1 Å². The van der Waals surface area contributed by atoms with E-state index in [1.807, 2.05) is 12.1 Å². The first-order chi connectivity index (χ1) is 8.24. The second-order valence-corrected chi connectivity index (χ2v) is 4.88. The molecule has 0 aromatic carbocycles. The number of aromatic nitrogens is 1. The van der Waals surface area contributed by atoms with E-state index in [4.69, 9.17) is 11.6 Å². The normalized spacial score (nSPS) is 20.2. The minimum atomic E-state index is 0.669. The zero-order chi connectivity index (χ0) is 12.3. The summed E-state index contributed by atoms with van der Waals surface area (Å²) in [6.45, 7) is 8.89. The van der Waals surface area contributed by atoms with Crippen LogP contribution >= 0.6 is 11.6 Å². The van der Waals surface area contributed by atoms with Crippen LogP contribution in [0.2, 0.25) is 5.02 Å². The summed E-state index contributed by atoms with van der Waals surface area (Å²) in [5.41, 5.74) is 0. The summed E-state index contributed by atoms with van der Waals surface area (Å²) in [5, 5.41) is 0.702. The average molecular weight is 254 g/mol. The number of halogens is 1. The van der Waals surface area contributed by atoms with Gasteiger partial charge in [0.15, 0.2) is 0 Å². The van der Waals surface area contributed by atoms with E-state index in [0.717, 1.165) is 32.0 Å². The fraction of sp³-hybridized carbons (Fsp3) is 0.615. The first-order valence-corrected chi connectivity index (χ1v) is 6.73. The molecule has 1 atom stereocenters. The summed E-state index contributed by atoms with van der Waals surface area (Å²) in [6, 6.07) is 4.59. The van der Waals surface area contributed by atoms with Gasteiger partial charge in [0.1, 0.15) is 5.82 Å². The van der Waals surface area contributed by atoms with Gasteiger partial charge in [-0.25, -0.2) is 4.98 Å². The summed E-state index contributed by atoms with van der Waals surface area (Å²) < 4.78 is 0. The molecule has 1 unspecified atom stereocenters. The number of hydrogen-bond donors (Lipinski definition) is 0. The Hall–Kier alpha value is -0.800. The minimum absolute atomic E-state index is 0.669. The first kappa shape index (κ1) is 12.7. The van der Waals surface area contributed by atoms with Crippen molar-refractivity contribution in [3.63, 3.8) is 0 Å². The van der Waals surface area contributed by atoms with Crippen LogP contribution in [0.3, 0.4) is 0 Å². The Balaban J connectivity index is 2.00. The Morgan fingerprint density at radius 2 is 2.18 bits per heavy atom. The maximum Gasteiger partial charge on any atom is 0.128 e. The molecule has 94 valence electrons. The summed E-state index contributed by atoms with van der Waals surface area (Å²) in [4.78, 5) is 9.25. The van der Waals surface area contributed by atoms with Crippen LogP contribution in [0.4, 0.5) is 5.82 Å². The highest BCUT2D eigenvalue weighted by Crippen LogP contribution is 2.22. The monoisotopic (exact) mass is 253 g/mol. The van der Waals surface area contributed by atoms with Crippen molar-refractivity contribution in [1.82, 2.24) is 9.88 Å². The first-order valence-electron chi connectivity index (χ1n) is 6.35. The summed E-state index contributed by atoms with van der Waals surface area (Å²) in [7, 11) is 0. The molecule has 0 bridgehead atoms. The number of nitrogens with zero attached hydrogens (tertiary/aromatic N) is 3. The highest BCUT2D eigenvalue weighted by Gasteiger charge is 2.26. The lowest BCUT2D eigenvalue weighted by molar-refractivity contribution is 0.232. The molecular weight excluding hydrogens is 234 g/mol. The van der Waals surface area contributed by atoms with Gasteiger partial charge in [-0.15, -0.1) is 0 Å². The zero-order valence-electron chi connectivity index (χ0n) is 10.6. The highest BCUT2D eigenvalue weighted by atomic mass is 35.5. The van der Waals surface area contributed by atoms with Crippen molar-refractivity contribution < 1.29 is 0 Å². The summed E-state index contributed by atoms with van der Waals surface area (Å²) >= 11 is 5.85. The van der Waals surface area contributed by atoms with E-state index in [2.05, 4.69) is 28.6 Å². The van der Waals surface area contributed by atoms with E-state index in [1.165, 1.54) is 6.42 Å². The average Bonchev–Trinajstić information content (AvgIpc) is 2.81. The molecule has 1 saturated heterocycles. The molecule has 3 nitrogen and oxygen atoms in total. The maximum absolute atomic E-state index is 5.85. The largest absolute Gasteiger partial charge is 0.355 e. The lowest BCUT2D eigenvalue weighted by atomic mass is 10.2. The molecular formula is C13H20ClN3. The molecule has 0 aliphatic carbocycles. The van der Waals surface area contributed by atoms with Gasteiger partial charge in [-0.3, -0.25) is 4.90 Å². The standard InChI is InChI=1S/C13H20ClN3/c1-3-16(4-2)12-7-8-17(10-12)13-6-5-11(14)9-15-13/h5-6,9,12H,3-4,7-8,10H2,1-2H3. The van der Waals surface area contributed by atoms with Crippen molar-refractivity contribution in [3.05, 3.63) is 23.4 Å². The van der Waals surface area contributed by atoms with E-state index in [-0.39, 0.29) is 0 Å². The van der Waals surface area contributed by atoms with Crippen LogP contribution in [0.15, 0.2) is 18.3 Å². The minimum Gasteiger partial charge on any atom is -0.355 e. The van der Waals surface area contributed by atoms with Crippen molar-refractivity contribution in [1.29, 1.82) is 0 Å². The highest BCUT2D eigenvalue weighted by molar-refractivity contribution is 6.30. The molecule has 0 radical (unpaired) electrons. The van der Waals surface area contributed by atoms with Crippen LogP contribution < -0.4 is 4.90 Å². The number of rotatable bonds is 4. The van der Waals surface area contributed by atoms with E-state index in [0.29, 0.717) is 11.1 Å². The molecule has 1 aliphatic rings. The molecule has 1 aliphatic heterocycles. The number of hydrogen-bond acceptors (Lipinski definition) is 3. The Labute approximate surface area is 108 Å². The predicted octanol–water partition coefficient (Wildman–Crippen LogP) is 2.66. The molecule has 17 heavy (non-hydrogen) atoms. The van der Waals surface area contributed by atoms with Gasteiger partial charge in [-0.2, -0.15) is 0 Å². The van der Waals surface area contributed by atoms with Gasteiger partial charge in [0.05, 0.1) is 5.02 Å². The second kappa shape index (κ2) is 5.69. The molecule has 0 N–H and O–H groups in total. The van der Waals surface area contributed by atoms with Gasteiger partial charge in [-0.05, 0) is 31.6 Å². The molecule has 1 aromatic heterocycles. The predicted molar refractivity (Wildman–Crippen MR) is 72.8 cm³/mol. The van der Waals surface area contributed by atoms with Gasteiger partial charge in [0.2, 0.25) is 0 Å². The van der Waals surface area contributed by atoms with E-state index in [9.17, 15) is 0 Å². The van der Waals surface area contributed by atoms with Crippen molar-refractivity contribution in [2.24, 2.45) is 0 Å². The Kier molecular flexibility index (Phi) is 4.24. The molecule has 1 aromatic rings. The van der Waals surface area contributed by atoms with Gasteiger partial charge >= 0.3 is 0 Å². The van der Waals surface area contributed by atoms with Crippen LogP contribution in [-0.2, 0) is 0 Å². The fourth-order valence-corrected chi connectivity index (χ4v) is 2.65. The fourth-order valence-electron chi connectivity index (χ4n) is 2.54. The molecule has 1 fully saturated rings. The van der Waals surface area contributed by atoms with Crippen molar-refractivity contribution in [2.75, 3.05) is 31.1 Å². The molecule has 0 amide bonds. The van der Waals surface area contributed by atoms with Crippen LogP contribution in [0.1, 0.15) is 20.3 Å². The lowest BCUT2D eigenvalue weighted by Crippen LogP contribution is -2.37. The van der Waals surface area contributed by atoms with Crippen molar-refractivity contribution in [3.8, 4) is 0 Å². The quantitative estimate of drug-likeness (QED) is 0.823. The topological polar surface area (TPSA) is 19.4 Å². The van der Waals surface area contributed by atoms with Crippen molar-refractivity contribution in [2.45, 2.75) is 26.3 Å². The SMILES string of the molecule is CCN(CC)C1CCN(c2ccc(Cl)cn2)C1. The molecule has 4 heteroatoms. The summed E-state index contributed by atoms with van der Waals surface area (Å²) in [5.74, 6) is 1.05. The van der Waals surface area contributed by atoms with Crippen LogP contribution in [0.25, 0.3) is 0 Å². The smallest absolute Gasteiger partial charge is 0.128 e. The van der Waals surface area contributed by atoms with Gasteiger partial charge in [-0.1, -0.05) is 25.4 Å².